The minimum Gasteiger partial charge on any atom is -0.324 e. The number of nitrogens with two attached hydrogens (primary N) is 1. The van der Waals surface area contributed by atoms with Crippen LogP contribution < -0.4 is 5.73 Å². The molecule has 6 heteroatoms. The summed E-state index contributed by atoms with van der Waals surface area (Å²) in [5.74, 6) is 0. The smallest absolute Gasteiger partial charge is 0.324 e. The molecule has 0 saturated carbocycles. The first-order chi connectivity index (χ1) is 7.38. The molecule has 0 aliphatic carbocycles. The molecule has 1 aromatic rings. The molecule has 0 radical (unpaired) electrons. The van der Waals surface area contributed by atoms with Crippen molar-refractivity contribution in [1.29, 1.82) is 0 Å². The first-order valence-corrected chi connectivity index (χ1v) is 4.93. The van der Waals surface area contributed by atoms with E-state index < -0.39 is 29.5 Å². The van der Waals surface area contributed by atoms with Gasteiger partial charge in [0.15, 0.2) is 0 Å². The molecule has 0 spiro atoms. The van der Waals surface area contributed by atoms with E-state index in [4.69, 9.17) is 17.3 Å². The summed E-state index contributed by atoms with van der Waals surface area (Å²) in [6.07, 6.45) is -4.58. The standard InChI is InChI=1S/C10H10ClF4N/c11-9-6(8(16)4-5-12)2-1-3-7(9)10(13,14)15/h1-3,8H,4-5,16H2/t8-/m0/s1. The maximum Gasteiger partial charge on any atom is 0.417 e. The monoisotopic (exact) mass is 255 g/mol. The van der Waals surface area contributed by atoms with Gasteiger partial charge in [-0.15, -0.1) is 0 Å². The second-order valence-corrected chi connectivity index (χ2v) is 3.67. The van der Waals surface area contributed by atoms with Gasteiger partial charge in [0.05, 0.1) is 17.3 Å². The van der Waals surface area contributed by atoms with E-state index in [0.717, 1.165) is 6.07 Å². The highest BCUT2D eigenvalue weighted by molar-refractivity contribution is 6.32. The van der Waals surface area contributed by atoms with Crippen LogP contribution in [0.25, 0.3) is 0 Å². The molecular formula is C10H10ClF4N. The number of benzene rings is 1. The fourth-order valence-electron chi connectivity index (χ4n) is 1.33. The predicted octanol–water partition coefficient (Wildman–Crippen LogP) is 3.72. The van der Waals surface area contributed by atoms with E-state index in [-0.39, 0.29) is 12.0 Å². The fourth-order valence-corrected chi connectivity index (χ4v) is 1.70. The van der Waals surface area contributed by atoms with E-state index >= 15 is 0 Å². The van der Waals surface area contributed by atoms with Crippen LogP contribution in [0, 0.1) is 0 Å². The van der Waals surface area contributed by atoms with Gasteiger partial charge in [-0.3, -0.25) is 4.39 Å². The molecule has 0 unspecified atom stereocenters. The second-order valence-electron chi connectivity index (χ2n) is 3.29. The highest BCUT2D eigenvalue weighted by Gasteiger charge is 2.34. The van der Waals surface area contributed by atoms with Crippen LogP contribution in [0.4, 0.5) is 17.6 Å². The Morgan fingerprint density at radius 1 is 1.31 bits per heavy atom. The minimum absolute atomic E-state index is 0.0545. The van der Waals surface area contributed by atoms with Gasteiger partial charge >= 0.3 is 6.18 Å². The van der Waals surface area contributed by atoms with Crippen molar-refractivity contribution in [3.05, 3.63) is 34.3 Å². The lowest BCUT2D eigenvalue weighted by Crippen LogP contribution is -2.14. The number of hydrogen-bond donors (Lipinski definition) is 1. The zero-order valence-electron chi connectivity index (χ0n) is 8.19. The van der Waals surface area contributed by atoms with Crippen molar-refractivity contribution < 1.29 is 17.6 Å². The molecule has 0 bridgehead atoms. The van der Waals surface area contributed by atoms with Gasteiger partial charge in [0.2, 0.25) is 0 Å². The maximum atomic E-state index is 12.5. The number of halogens is 5. The van der Waals surface area contributed by atoms with E-state index in [1.165, 1.54) is 12.1 Å². The highest BCUT2D eigenvalue weighted by Crippen LogP contribution is 2.37. The van der Waals surface area contributed by atoms with Crippen molar-refractivity contribution in [3.63, 3.8) is 0 Å². The zero-order chi connectivity index (χ0) is 12.3. The Bertz CT molecular complexity index is 364. The predicted molar refractivity (Wildman–Crippen MR) is 54.0 cm³/mol. The normalized spacial score (nSPS) is 13.9. The third-order valence-corrected chi connectivity index (χ3v) is 2.58. The lowest BCUT2D eigenvalue weighted by Gasteiger charge is -2.16. The maximum absolute atomic E-state index is 12.5. The molecule has 0 aromatic heterocycles. The summed E-state index contributed by atoms with van der Waals surface area (Å²) in [5, 5.41) is -0.448. The molecule has 16 heavy (non-hydrogen) atoms. The summed E-state index contributed by atoms with van der Waals surface area (Å²) >= 11 is 5.60. The van der Waals surface area contributed by atoms with Gasteiger partial charge in [-0.25, -0.2) is 0 Å². The average molecular weight is 256 g/mol. The number of alkyl halides is 4. The molecule has 0 aliphatic rings. The topological polar surface area (TPSA) is 26.0 Å². The fraction of sp³-hybridized carbons (Fsp3) is 0.400. The first-order valence-electron chi connectivity index (χ1n) is 4.55. The van der Waals surface area contributed by atoms with Crippen LogP contribution in [0.3, 0.4) is 0 Å². The Morgan fingerprint density at radius 3 is 2.44 bits per heavy atom. The summed E-state index contributed by atoms with van der Waals surface area (Å²) in [5.41, 5.74) is 4.70. The van der Waals surface area contributed by atoms with Crippen molar-refractivity contribution in [2.45, 2.75) is 18.6 Å². The molecule has 1 nitrogen and oxygen atoms in total. The summed E-state index contributed by atoms with van der Waals surface area (Å²) in [6, 6.07) is 2.63. The van der Waals surface area contributed by atoms with Crippen molar-refractivity contribution in [3.8, 4) is 0 Å². The lowest BCUT2D eigenvalue weighted by molar-refractivity contribution is -0.137. The van der Waals surface area contributed by atoms with Gasteiger partial charge in [0.25, 0.3) is 0 Å². The molecule has 1 rings (SSSR count). The molecule has 0 aliphatic heterocycles. The van der Waals surface area contributed by atoms with E-state index in [9.17, 15) is 17.6 Å². The van der Waals surface area contributed by atoms with Crippen molar-refractivity contribution in [2.75, 3.05) is 6.67 Å². The molecular weight excluding hydrogens is 246 g/mol. The first kappa shape index (κ1) is 13.3. The van der Waals surface area contributed by atoms with Gasteiger partial charge in [-0.1, -0.05) is 23.7 Å². The lowest BCUT2D eigenvalue weighted by atomic mass is 10.0. The van der Waals surface area contributed by atoms with Crippen molar-refractivity contribution in [2.24, 2.45) is 5.73 Å². The molecule has 0 saturated heterocycles. The minimum atomic E-state index is -4.53. The average Bonchev–Trinajstić information content (AvgIpc) is 2.16. The van der Waals surface area contributed by atoms with Crippen molar-refractivity contribution in [1.82, 2.24) is 0 Å². The second kappa shape index (κ2) is 5.01. The quantitative estimate of drug-likeness (QED) is 0.819. The van der Waals surface area contributed by atoms with Gasteiger partial charge in [0, 0.05) is 6.04 Å². The summed E-state index contributed by atoms with van der Waals surface area (Å²) in [4.78, 5) is 0. The molecule has 0 fully saturated rings. The number of rotatable bonds is 3. The summed E-state index contributed by atoms with van der Waals surface area (Å²) in [7, 11) is 0. The van der Waals surface area contributed by atoms with Crippen LogP contribution in [0.15, 0.2) is 18.2 Å². The van der Waals surface area contributed by atoms with Gasteiger partial charge in [-0.05, 0) is 18.1 Å². The number of hydrogen-bond acceptors (Lipinski definition) is 1. The largest absolute Gasteiger partial charge is 0.417 e. The zero-order valence-corrected chi connectivity index (χ0v) is 8.95. The van der Waals surface area contributed by atoms with Crippen molar-refractivity contribution >= 4 is 11.6 Å². The van der Waals surface area contributed by atoms with Gasteiger partial charge < -0.3 is 5.73 Å². The third-order valence-electron chi connectivity index (χ3n) is 2.15. The van der Waals surface area contributed by atoms with Crippen LogP contribution in [-0.2, 0) is 6.18 Å². The molecule has 0 amide bonds. The SMILES string of the molecule is N[C@@H](CCF)c1cccc(C(F)(F)F)c1Cl. The van der Waals surface area contributed by atoms with Gasteiger partial charge in [0.1, 0.15) is 0 Å². The van der Waals surface area contributed by atoms with Crippen LogP contribution in [0.2, 0.25) is 5.02 Å². The van der Waals surface area contributed by atoms with Crippen LogP contribution in [-0.4, -0.2) is 6.67 Å². The Hall–Kier alpha value is -0.810. The molecule has 1 atom stereocenters. The van der Waals surface area contributed by atoms with E-state index in [1.54, 1.807) is 0 Å². The van der Waals surface area contributed by atoms with E-state index in [0.29, 0.717) is 0 Å². The van der Waals surface area contributed by atoms with E-state index in [1.807, 2.05) is 0 Å². The Kier molecular flexibility index (Phi) is 4.15. The molecule has 1 aromatic carbocycles. The Labute approximate surface area is 95.2 Å². The Balaban J connectivity index is 3.14. The van der Waals surface area contributed by atoms with Crippen LogP contribution >= 0.6 is 11.6 Å². The third kappa shape index (κ3) is 2.86. The molecule has 90 valence electrons. The summed E-state index contributed by atoms with van der Waals surface area (Å²) < 4.78 is 49.5. The highest BCUT2D eigenvalue weighted by atomic mass is 35.5. The van der Waals surface area contributed by atoms with Gasteiger partial charge in [-0.2, -0.15) is 13.2 Å². The molecule has 2 N–H and O–H groups in total. The Morgan fingerprint density at radius 2 is 1.94 bits per heavy atom. The van der Waals surface area contributed by atoms with E-state index in [2.05, 4.69) is 0 Å². The van der Waals surface area contributed by atoms with Crippen LogP contribution in [0.5, 0.6) is 0 Å². The van der Waals surface area contributed by atoms with Crippen LogP contribution in [0.1, 0.15) is 23.6 Å². The molecule has 0 heterocycles. The summed E-state index contributed by atoms with van der Waals surface area (Å²) in [6.45, 7) is -0.701.